The fourth-order valence-corrected chi connectivity index (χ4v) is 7.59. The number of pyridine rings is 1. The van der Waals surface area contributed by atoms with Gasteiger partial charge in [0.05, 0.1) is 5.52 Å². The number of carbonyl (C=O) groups excluding carboxylic acids is 3. The number of benzene rings is 1. The number of amides is 2. The average molecular weight is 698 g/mol. The molecule has 11 nitrogen and oxygen atoms in total. The second-order valence-electron chi connectivity index (χ2n) is 13.1. The lowest BCUT2D eigenvalue weighted by Gasteiger charge is -2.27. The molecule has 2 bridgehead atoms. The summed E-state index contributed by atoms with van der Waals surface area (Å²) in [5.41, 5.74) is 3.32. The first-order chi connectivity index (χ1) is 22.6. The Balaban J connectivity index is 1.21. The van der Waals surface area contributed by atoms with Gasteiger partial charge in [-0.3, -0.25) is 19.1 Å². The highest BCUT2D eigenvalue weighted by molar-refractivity contribution is 9.10. The van der Waals surface area contributed by atoms with Gasteiger partial charge in [-0.1, -0.05) is 18.2 Å². The van der Waals surface area contributed by atoms with Gasteiger partial charge in [0.15, 0.2) is 5.78 Å². The molecule has 1 N–H and O–H groups in total. The van der Waals surface area contributed by atoms with Gasteiger partial charge in [0.1, 0.15) is 34.5 Å². The summed E-state index contributed by atoms with van der Waals surface area (Å²) < 4.78 is 2.21. The minimum Gasteiger partial charge on any atom is -0.325 e. The number of Topliss-reactive ketones (excluding diaryl/α,β-unsaturated/α-hetero) is 1. The number of halogens is 1. The maximum atomic E-state index is 14.3. The molecule has 12 heteroatoms. The molecule has 5 heterocycles. The summed E-state index contributed by atoms with van der Waals surface area (Å²) in [5.74, 6) is 0.498. The Labute approximate surface area is 281 Å². The van der Waals surface area contributed by atoms with Crippen LogP contribution in [0.3, 0.4) is 0 Å². The molecule has 1 aromatic carbocycles. The van der Waals surface area contributed by atoms with Crippen LogP contribution in [0.15, 0.2) is 53.4 Å². The zero-order chi connectivity index (χ0) is 32.9. The van der Waals surface area contributed by atoms with E-state index in [0.29, 0.717) is 39.3 Å². The number of allylic oxidation sites excluding steroid dienone is 1. The standard InChI is InChI=1S/C35H37BrN8O3/c1-21(45)32-26-14-24(25-17-37-22(2)38-18-25)9-11-27(26)43(41-32)19-31(46)44-28-15-35(16-29(35)44)20-42(3)13-7-5-4-6-8-23-10-12-30(36)39-33(23)40-34(28)47/h6,8-12,14,17-18,28-29H,4-5,7,13,15-16,19-20H2,1-3H3,(H,39,40,47)/t28-,29?,35-/m0/s1. The van der Waals surface area contributed by atoms with E-state index < -0.39 is 6.04 Å². The molecule has 1 aliphatic carbocycles. The van der Waals surface area contributed by atoms with Crippen molar-refractivity contribution in [2.45, 2.75) is 64.6 Å². The van der Waals surface area contributed by atoms with Gasteiger partial charge >= 0.3 is 0 Å². The van der Waals surface area contributed by atoms with Gasteiger partial charge in [0, 0.05) is 53.8 Å². The largest absolute Gasteiger partial charge is 0.325 e. The number of nitrogens with one attached hydrogen (secondary N) is 1. The van der Waals surface area contributed by atoms with Gasteiger partial charge in [0.2, 0.25) is 11.8 Å². The summed E-state index contributed by atoms with van der Waals surface area (Å²) in [6.07, 6.45) is 12.1. The first kappa shape index (κ1) is 31.3. The number of nitrogens with zero attached hydrogens (tertiary/aromatic N) is 7. The molecule has 3 aromatic heterocycles. The van der Waals surface area contributed by atoms with Crippen molar-refractivity contribution in [3.05, 3.63) is 70.5 Å². The van der Waals surface area contributed by atoms with E-state index in [-0.39, 0.29) is 35.6 Å². The van der Waals surface area contributed by atoms with Crippen LogP contribution in [-0.4, -0.2) is 84.4 Å². The summed E-state index contributed by atoms with van der Waals surface area (Å²) in [7, 11) is 2.13. The van der Waals surface area contributed by atoms with E-state index >= 15 is 0 Å². The molecule has 1 saturated heterocycles. The lowest BCUT2D eigenvalue weighted by atomic mass is 9.98. The van der Waals surface area contributed by atoms with Crippen LogP contribution in [0.1, 0.15) is 60.9 Å². The Morgan fingerprint density at radius 2 is 1.89 bits per heavy atom. The number of anilines is 1. The molecule has 2 aliphatic heterocycles. The Hall–Kier alpha value is -4.29. The fraction of sp³-hybridized carbons (Fsp3) is 0.400. The van der Waals surface area contributed by atoms with Gasteiger partial charge in [-0.25, -0.2) is 15.0 Å². The summed E-state index contributed by atoms with van der Waals surface area (Å²) in [6, 6.07) is 8.78. The highest BCUT2D eigenvalue weighted by atomic mass is 79.9. The SMILES string of the molecule is CC(=O)c1nn(CC(=O)N2C3C[C@]34C[C@H]2C(=O)Nc2nc(Br)ccc2C=CCCCCN(C)C4)c2ccc(-c3cnc(C)nc3)cc12. The molecule has 2 fully saturated rings. The van der Waals surface area contributed by atoms with E-state index in [9.17, 15) is 14.4 Å². The molecule has 2 amide bonds. The van der Waals surface area contributed by atoms with Crippen LogP contribution in [0, 0.1) is 12.3 Å². The number of aryl methyl sites for hydroxylation is 1. The molecule has 47 heavy (non-hydrogen) atoms. The van der Waals surface area contributed by atoms with E-state index in [2.05, 4.69) is 59.3 Å². The third-order valence-electron chi connectivity index (χ3n) is 9.67. The van der Waals surface area contributed by atoms with E-state index in [4.69, 9.17) is 0 Å². The van der Waals surface area contributed by atoms with Crippen molar-refractivity contribution in [2.75, 3.05) is 25.5 Å². The fourth-order valence-electron chi connectivity index (χ4n) is 7.28. The second-order valence-corrected chi connectivity index (χ2v) is 13.9. The predicted octanol–water partition coefficient (Wildman–Crippen LogP) is 5.29. The number of carbonyl (C=O) groups is 3. The number of fused-ring (bicyclic) bond motifs is 3. The van der Waals surface area contributed by atoms with Gasteiger partial charge < -0.3 is 15.1 Å². The Kier molecular flexibility index (Phi) is 8.25. The quantitative estimate of drug-likeness (QED) is 0.225. The number of aromatic nitrogens is 5. The zero-order valence-electron chi connectivity index (χ0n) is 26.7. The van der Waals surface area contributed by atoms with Crippen molar-refractivity contribution in [2.24, 2.45) is 5.41 Å². The minimum absolute atomic E-state index is 0.0433. The first-order valence-electron chi connectivity index (χ1n) is 16.1. The molecular formula is C35H37BrN8O3. The van der Waals surface area contributed by atoms with Crippen LogP contribution >= 0.6 is 15.9 Å². The lowest BCUT2D eigenvalue weighted by molar-refractivity contribution is -0.138. The topological polar surface area (TPSA) is 126 Å². The van der Waals surface area contributed by atoms with E-state index in [1.165, 1.54) is 6.92 Å². The molecule has 1 saturated carbocycles. The van der Waals surface area contributed by atoms with Crippen LogP contribution in [0.25, 0.3) is 28.1 Å². The third-order valence-corrected chi connectivity index (χ3v) is 10.1. The highest BCUT2D eigenvalue weighted by Crippen LogP contribution is 2.60. The minimum atomic E-state index is -0.653. The van der Waals surface area contributed by atoms with E-state index in [1.54, 1.807) is 22.0 Å². The average Bonchev–Trinajstić information content (AvgIpc) is 3.44. The van der Waals surface area contributed by atoms with E-state index in [1.807, 2.05) is 43.3 Å². The van der Waals surface area contributed by atoms with Gasteiger partial charge in [-0.2, -0.15) is 5.10 Å². The molecule has 0 radical (unpaired) electrons. The second kappa shape index (κ2) is 12.4. The molecule has 1 spiro atoms. The molecule has 7 rings (SSSR count). The monoisotopic (exact) mass is 696 g/mol. The number of rotatable bonds is 4. The number of hydrogen-bond donors (Lipinski definition) is 1. The van der Waals surface area contributed by atoms with Gasteiger partial charge in [0.25, 0.3) is 0 Å². The van der Waals surface area contributed by atoms with Crippen LogP contribution in [0.2, 0.25) is 0 Å². The summed E-state index contributed by atoms with van der Waals surface area (Å²) >= 11 is 3.44. The van der Waals surface area contributed by atoms with Crippen molar-refractivity contribution >= 4 is 56.3 Å². The molecule has 3 atom stereocenters. The molecule has 242 valence electrons. The first-order valence-corrected chi connectivity index (χ1v) is 16.9. The molecule has 1 unspecified atom stereocenters. The summed E-state index contributed by atoms with van der Waals surface area (Å²) in [4.78, 5) is 58.3. The highest BCUT2D eigenvalue weighted by Gasteiger charge is 2.67. The Morgan fingerprint density at radius 3 is 2.68 bits per heavy atom. The van der Waals surface area contributed by atoms with E-state index in [0.717, 1.165) is 55.5 Å². The lowest BCUT2D eigenvalue weighted by Crippen LogP contribution is -2.47. The van der Waals surface area contributed by atoms with Crippen molar-refractivity contribution in [1.29, 1.82) is 0 Å². The van der Waals surface area contributed by atoms with Crippen LogP contribution in [0.4, 0.5) is 5.82 Å². The van der Waals surface area contributed by atoms with Crippen molar-refractivity contribution in [1.82, 2.24) is 34.5 Å². The third kappa shape index (κ3) is 6.12. The van der Waals surface area contributed by atoms with Crippen LogP contribution in [-0.2, 0) is 16.1 Å². The number of piperidine rings is 1. The Bertz CT molecular complexity index is 1920. The number of likely N-dealkylation sites (tertiary alicyclic amines) is 1. The predicted molar refractivity (Wildman–Crippen MR) is 183 cm³/mol. The van der Waals surface area contributed by atoms with Crippen LogP contribution in [0.5, 0.6) is 0 Å². The summed E-state index contributed by atoms with van der Waals surface area (Å²) in [6.45, 7) is 5.00. The molecule has 3 aliphatic rings. The smallest absolute Gasteiger partial charge is 0.248 e. The van der Waals surface area contributed by atoms with Crippen molar-refractivity contribution < 1.29 is 14.4 Å². The van der Waals surface area contributed by atoms with Crippen molar-refractivity contribution in [3.8, 4) is 11.1 Å². The zero-order valence-corrected chi connectivity index (χ0v) is 28.3. The van der Waals surface area contributed by atoms with Gasteiger partial charge in [-0.15, -0.1) is 0 Å². The summed E-state index contributed by atoms with van der Waals surface area (Å²) in [5, 5.41) is 8.33. The Morgan fingerprint density at radius 1 is 1.09 bits per heavy atom. The molecule has 4 aromatic rings. The number of hydrogen-bond acceptors (Lipinski definition) is 8. The number of ketones is 1. The van der Waals surface area contributed by atoms with Crippen LogP contribution < -0.4 is 5.32 Å². The van der Waals surface area contributed by atoms with Crippen molar-refractivity contribution in [3.63, 3.8) is 0 Å². The maximum absolute atomic E-state index is 14.3. The maximum Gasteiger partial charge on any atom is 0.248 e. The van der Waals surface area contributed by atoms with Gasteiger partial charge in [-0.05, 0) is 98.4 Å². The normalized spacial score (nSPS) is 23.1. The molecular weight excluding hydrogens is 660 g/mol.